The summed E-state index contributed by atoms with van der Waals surface area (Å²) in [6.45, 7) is 3.26. The van der Waals surface area contributed by atoms with E-state index in [2.05, 4.69) is 31.0 Å². The number of thiazole rings is 1. The number of ether oxygens (including phenoxy) is 1. The third-order valence-electron chi connectivity index (χ3n) is 5.08. The molecule has 3 heterocycles. The van der Waals surface area contributed by atoms with E-state index >= 15 is 4.39 Å². The Hall–Kier alpha value is -3.69. The zero-order valence-electron chi connectivity index (χ0n) is 18.6. The van der Waals surface area contributed by atoms with Crippen LogP contribution >= 0.6 is 27.3 Å². The highest BCUT2D eigenvalue weighted by Crippen LogP contribution is 2.39. The zero-order valence-corrected chi connectivity index (χ0v) is 21.0. The molecule has 178 valence electrons. The smallest absolute Gasteiger partial charge is 0.225 e. The van der Waals surface area contributed by atoms with E-state index in [-0.39, 0.29) is 44.7 Å². The number of rotatable bonds is 6. The van der Waals surface area contributed by atoms with Gasteiger partial charge in [-0.15, -0.1) is 11.3 Å². The van der Waals surface area contributed by atoms with Gasteiger partial charge in [-0.3, -0.25) is 9.48 Å². The lowest BCUT2D eigenvalue weighted by atomic mass is 9.97. The third-order valence-corrected chi connectivity index (χ3v) is 6.48. The molecule has 8 nitrogen and oxygen atoms in total. The normalized spacial score (nSPS) is 11.8. The van der Waals surface area contributed by atoms with Crippen LogP contribution in [0.3, 0.4) is 0 Å². The molecule has 4 aromatic rings. The number of pyridine rings is 1. The largest absolute Gasteiger partial charge is 0.482 e. The molecule has 0 saturated heterocycles. The molecule has 3 aromatic heterocycles. The van der Waals surface area contributed by atoms with Gasteiger partial charge in [-0.2, -0.15) is 10.4 Å². The maximum absolute atomic E-state index is 15.3. The molecule has 0 amide bonds. The van der Waals surface area contributed by atoms with Crippen LogP contribution in [-0.2, 0) is 7.05 Å². The summed E-state index contributed by atoms with van der Waals surface area (Å²) in [4.78, 5) is 21.8. The van der Waals surface area contributed by atoms with Crippen molar-refractivity contribution in [3.05, 3.63) is 73.4 Å². The van der Waals surface area contributed by atoms with Gasteiger partial charge in [0.25, 0.3) is 0 Å². The van der Waals surface area contributed by atoms with Crippen LogP contribution in [0.25, 0.3) is 11.3 Å². The molecule has 2 N–H and O–H groups in total. The molecule has 0 aliphatic carbocycles. The van der Waals surface area contributed by atoms with Crippen LogP contribution in [0.4, 0.5) is 14.6 Å². The van der Waals surface area contributed by atoms with Gasteiger partial charge in [-0.25, -0.2) is 18.7 Å². The van der Waals surface area contributed by atoms with Gasteiger partial charge in [0.2, 0.25) is 5.78 Å². The standard InChI is InChI=1S/C23H17BrF2N6O2S/c1-10(34-18-4-12(24)9-29-23(18)28)15-5-13(25)6-16(26)19(15)20-22(35-11(2)30-20)21(33)17-7-14(8-27)32(3)31-17/h4-7,9-10H,1-3H3,(H2,28,29)/t10-/m1/s1. The van der Waals surface area contributed by atoms with Gasteiger partial charge in [-0.1, -0.05) is 0 Å². The Bertz CT molecular complexity index is 1510. The monoisotopic (exact) mass is 558 g/mol. The van der Waals surface area contributed by atoms with E-state index < -0.39 is 23.5 Å². The van der Waals surface area contributed by atoms with Crippen molar-refractivity contribution in [1.82, 2.24) is 19.7 Å². The molecule has 1 atom stereocenters. The van der Waals surface area contributed by atoms with Crippen LogP contribution in [0, 0.1) is 29.9 Å². The Morgan fingerprint density at radius 3 is 2.74 bits per heavy atom. The van der Waals surface area contributed by atoms with Crippen molar-refractivity contribution < 1.29 is 18.3 Å². The predicted molar refractivity (Wildman–Crippen MR) is 129 cm³/mol. The van der Waals surface area contributed by atoms with Gasteiger partial charge >= 0.3 is 0 Å². The fourth-order valence-electron chi connectivity index (χ4n) is 3.49. The summed E-state index contributed by atoms with van der Waals surface area (Å²) in [5.41, 5.74) is 6.16. The van der Waals surface area contributed by atoms with E-state index in [4.69, 9.17) is 10.5 Å². The number of nitrogens with two attached hydrogens (primary N) is 1. The number of ketones is 1. The minimum Gasteiger partial charge on any atom is -0.482 e. The first kappa shape index (κ1) is 24.4. The first-order valence-electron chi connectivity index (χ1n) is 10.1. The molecule has 0 aliphatic heterocycles. The second-order valence-electron chi connectivity index (χ2n) is 7.54. The molecular formula is C23H17BrF2N6O2S. The van der Waals surface area contributed by atoms with Crippen LogP contribution in [0.2, 0.25) is 0 Å². The maximum Gasteiger partial charge on any atom is 0.225 e. The first-order chi connectivity index (χ1) is 16.6. The van der Waals surface area contributed by atoms with Gasteiger partial charge in [0.15, 0.2) is 11.6 Å². The molecule has 0 aliphatic rings. The summed E-state index contributed by atoms with van der Waals surface area (Å²) in [6, 6.07) is 6.72. The molecule has 0 saturated carbocycles. The number of anilines is 1. The highest BCUT2D eigenvalue weighted by atomic mass is 79.9. The van der Waals surface area contributed by atoms with Crippen LogP contribution < -0.4 is 10.5 Å². The summed E-state index contributed by atoms with van der Waals surface area (Å²) in [5.74, 6) is -1.95. The Labute approximate surface area is 211 Å². The molecule has 4 rings (SSSR count). The Morgan fingerprint density at radius 1 is 1.31 bits per heavy atom. The van der Waals surface area contributed by atoms with E-state index in [0.717, 1.165) is 23.5 Å². The van der Waals surface area contributed by atoms with E-state index in [1.807, 2.05) is 6.07 Å². The van der Waals surface area contributed by atoms with Crippen molar-refractivity contribution in [3.63, 3.8) is 0 Å². The van der Waals surface area contributed by atoms with Gasteiger partial charge in [-0.05, 0) is 41.9 Å². The fourth-order valence-corrected chi connectivity index (χ4v) is 4.68. The summed E-state index contributed by atoms with van der Waals surface area (Å²) in [5, 5.41) is 13.8. The average molecular weight is 559 g/mol. The number of carbonyl (C=O) groups is 1. The maximum atomic E-state index is 15.3. The molecule has 0 unspecified atom stereocenters. The molecule has 0 fully saturated rings. The minimum atomic E-state index is -0.908. The molecule has 0 bridgehead atoms. The second kappa shape index (κ2) is 9.52. The fraction of sp³-hybridized carbons (Fsp3) is 0.174. The molecular weight excluding hydrogens is 542 g/mol. The van der Waals surface area contributed by atoms with Gasteiger partial charge in [0, 0.05) is 41.0 Å². The number of nitrogens with zero attached hydrogens (tertiary/aromatic N) is 5. The van der Waals surface area contributed by atoms with Crippen LogP contribution in [-0.4, -0.2) is 25.5 Å². The lowest BCUT2D eigenvalue weighted by Crippen LogP contribution is -2.10. The zero-order chi connectivity index (χ0) is 25.4. The lowest BCUT2D eigenvalue weighted by Gasteiger charge is -2.20. The minimum absolute atomic E-state index is 0.00954. The van der Waals surface area contributed by atoms with E-state index in [1.165, 1.54) is 24.0 Å². The lowest BCUT2D eigenvalue weighted by molar-refractivity contribution is 0.103. The third kappa shape index (κ3) is 4.78. The Balaban J connectivity index is 1.83. The van der Waals surface area contributed by atoms with Gasteiger partial charge < -0.3 is 10.5 Å². The number of aryl methyl sites for hydroxylation is 2. The number of carbonyl (C=O) groups excluding carboxylic acids is 1. The van der Waals surface area contributed by atoms with Gasteiger partial charge in [0.05, 0.1) is 10.7 Å². The Kier molecular flexibility index (Phi) is 6.64. The number of benzene rings is 1. The molecule has 0 spiro atoms. The van der Waals surface area contributed by atoms with Crippen molar-refractivity contribution >= 4 is 38.9 Å². The average Bonchev–Trinajstić information content (AvgIpc) is 3.37. The van der Waals surface area contributed by atoms with Crippen molar-refractivity contribution in [3.8, 4) is 23.1 Å². The highest BCUT2D eigenvalue weighted by Gasteiger charge is 2.28. The summed E-state index contributed by atoms with van der Waals surface area (Å²) >= 11 is 4.33. The SMILES string of the molecule is Cc1nc(-c2c(F)cc(F)cc2[C@@H](C)Oc2cc(Br)cnc2N)c(C(=O)c2cc(C#N)n(C)n2)s1. The number of nitrogen functional groups attached to an aromatic ring is 1. The first-order valence-corrected chi connectivity index (χ1v) is 11.7. The summed E-state index contributed by atoms with van der Waals surface area (Å²) < 4.78 is 37.4. The quantitative estimate of drug-likeness (QED) is 0.326. The van der Waals surface area contributed by atoms with Crippen molar-refractivity contribution in [2.75, 3.05) is 5.73 Å². The summed E-state index contributed by atoms with van der Waals surface area (Å²) in [7, 11) is 1.54. The molecule has 1 aromatic carbocycles. The number of aromatic nitrogens is 4. The molecule has 12 heteroatoms. The van der Waals surface area contributed by atoms with E-state index in [0.29, 0.717) is 9.48 Å². The van der Waals surface area contributed by atoms with E-state index in [9.17, 15) is 14.4 Å². The van der Waals surface area contributed by atoms with E-state index in [1.54, 1.807) is 19.9 Å². The van der Waals surface area contributed by atoms with Crippen LogP contribution in [0.5, 0.6) is 5.75 Å². The number of nitriles is 1. The van der Waals surface area contributed by atoms with Crippen LogP contribution in [0.15, 0.2) is 34.9 Å². The topological polar surface area (TPSA) is 120 Å². The number of hydrogen-bond acceptors (Lipinski definition) is 8. The number of hydrogen-bond donors (Lipinski definition) is 1. The van der Waals surface area contributed by atoms with Crippen molar-refractivity contribution in [2.24, 2.45) is 7.05 Å². The number of halogens is 3. The summed E-state index contributed by atoms with van der Waals surface area (Å²) in [6.07, 6.45) is 0.601. The highest BCUT2D eigenvalue weighted by molar-refractivity contribution is 9.10. The van der Waals surface area contributed by atoms with Gasteiger partial charge in [0.1, 0.15) is 40.1 Å². The predicted octanol–water partition coefficient (Wildman–Crippen LogP) is 5.11. The van der Waals surface area contributed by atoms with Crippen LogP contribution in [0.1, 0.15) is 44.7 Å². The Morgan fingerprint density at radius 2 is 2.06 bits per heavy atom. The van der Waals surface area contributed by atoms with Crippen molar-refractivity contribution in [2.45, 2.75) is 20.0 Å². The van der Waals surface area contributed by atoms with Crippen molar-refractivity contribution in [1.29, 1.82) is 5.26 Å². The molecule has 35 heavy (non-hydrogen) atoms. The second-order valence-corrected chi connectivity index (χ2v) is 9.66. The molecule has 0 radical (unpaired) electrons.